The van der Waals surface area contributed by atoms with Crippen LogP contribution in [-0.2, 0) is 6.42 Å². The van der Waals surface area contributed by atoms with Crippen LogP contribution in [0, 0.1) is 0 Å². The maximum atomic E-state index is 12.9. The third-order valence-electron chi connectivity index (χ3n) is 4.32. The molecule has 110 valence electrons. The summed E-state index contributed by atoms with van der Waals surface area (Å²) >= 11 is 0. The quantitative estimate of drug-likeness (QED) is 0.915. The number of nitrogens with zero attached hydrogens (tertiary/aromatic N) is 1. The Morgan fingerprint density at radius 1 is 1.25 bits per heavy atom. The normalized spacial score (nSPS) is 22.9. The van der Waals surface area contributed by atoms with Crippen LogP contribution in [0.25, 0.3) is 0 Å². The van der Waals surface area contributed by atoms with Crippen molar-refractivity contribution >= 4 is 5.91 Å². The number of hydrogen-bond donors (Lipinski definition) is 1. The molecule has 1 N–H and O–H groups in total. The van der Waals surface area contributed by atoms with Crippen molar-refractivity contribution in [3.63, 3.8) is 0 Å². The van der Waals surface area contributed by atoms with E-state index in [-0.39, 0.29) is 5.91 Å². The largest absolute Gasteiger partial charge is 0.333 e. The van der Waals surface area contributed by atoms with Crippen molar-refractivity contribution < 1.29 is 4.79 Å². The minimum Gasteiger partial charge on any atom is -0.333 e. The van der Waals surface area contributed by atoms with Gasteiger partial charge in [-0.2, -0.15) is 0 Å². The molecule has 0 aromatic heterocycles. The maximum Gasteiger partial charge on any atom is 0.254 e. The van der Waals surface area contributed by atoms with Gasteiger partial charge in [0.2, 0.25) is 0 Å². The summed E-state index contributed by atoms with van der Waals surface area (Å²) in [4.78, 5) is 15.0. The van der Waals surface area contributed by atoms with Gasteiger partial charge in [0.15, 0.2) is 0 Å². The molecule has 1 aromatic carbocycles. The van der Waals surface area contributed by atoms with Crippen molar-refractivity contribution in [2.24, 2.45) is 0 Å². The lowest BCUT2D eigenvalue weighted by molar-refractivity contribution is 0.0509. The molecule has 1 amide bonds. The van der Waals surface area contributed by atoms with Gasteiger partial charge in [-0.15, -0.1) is 0 Å². The van der Waals surface area contributed by atoms with E-state index >= 15 is 0 Å². The molecule has 3 heteroatoms. The Hall–Kier alpha value is -1.35. The van der Waals surface area contributed by atoms with Gasteiger partial charge < -0.3 is 10.2 Å². The van der Waals surface area contributed by atoms with Gasteiger partial charge in [-0.25, -0.2) is 0 Å². The summed E-state index contributed by atoms with van der Waals surface area (Å²) in [7, 11) is 1.94. The van der Waals surface area contributed by atoms with Crippen LogP contribution < -0.4 is 5.32 Å². The number of likely N-dealkylation sites (N-methyl/N-ethyl adjacent to an activating group) is 1. The molecule has 1 fully saturated rings. The van der Waals surface area contributed by atoms with Gasteiger partial charge in [0.05, 0.1) is 0 Å². The molecule has 0 unspecified atom stereocenters. The fourth-order valence-corrected chi connectivity index (χ4v) is 3.17. The lowest BCUT2D eigenvalue weighted by atomic mass is 9.95. The molecular formula is C17H26N2O. The highest BCUT2D eigenvalue weighted by Crippen LogP contribution is 2.25. The van der Waals surface area contributed by atoms with Crippen molar-refractivity contribution in [3.8, 4) is 0 Å². The van der Waals surface area contributed by atoms with Gasteiger partial charge in [0.25, 0.3) is 5.91 Å². The number of amides is 1. The molecule has 3 nitrogen and oxygen atoms in total. The fraction of sp³-hybridized carbons (Fsp3) is 0.588. The molecule has 1 saturated heterocycles. The Morgan fingerprint density at radius 2 is 1.90 bits per heavy atom. The molecule has 1 heterocycles. The zero-order valence-electron chi connectivity index (χ0n) is 12.9. The van der Waals surface area contributed by atoms with Crippen LogP contribution in [0.4, 0.5) is 0 Å². The Labute approximate surface area is 122 Å². The van der Waals surface area contributed by atoms with Crippen LogP contribution >= 0.6 is 0 Å². The van der Waals surface area contributed by atoms with Gasteiger partial charge >= 0.3 is 0 Å². The second-order valence-corrected chi connectivity index (χ2v) is 5.85. The Balaban J connectivity index is 2.23. The Bertz CT molecular complexity index is 448. The zero-order chi connectivity index (χ0) is 14.5. The van der Waals surface area contributed by atoms with E-state index in [1.165, 1.54) is 6.42 Å². The molecular weight excluding hydrogens is 248 g/mol. The lowest BCUT2D eigenvalue weighted by Crippen LogP contribution is -2.47. The topological polar surface area (TPSA) is 32.3 Å². The first-order valence-corrected chi connectivity index (χ1v) is 7.70. The van der Waals surface area contributed by atoms with Crippen molar-refractivity contribution in [2.75, 3.05) is 13.6 Å². The number of nitrogens with one attached hydrogen (secondary N) is 1. The van der Waals surface area contributed by atoms with Crippen LogP contribution in [0.15, 0.2) is 24.3 Å². The maximum absolute atomic E-state index is 12.9. The number of hydrogen-bond acceptors (Lipinski definition) is 2. The summed E-state index contributed by atoms with van der Waals surface area (Å²) in [5.41, 5.74) is 2.03. The van der Waals surface area contributed by atoms with Crippen LogP contribution in [-0.4, -0.2) is 36.5 Å². The predicted molar refractivity (Wildman–Crippen MR) is 83.0 cm³/mol. The van der Waals surface area contributed by atoms with E-state index in [9.17, 15) is 4.79 Å². The van der Waals surface area contributed by atoms with Gasteiger partial charge in [-0.1, -0.05) is 18.2 Å². The summed E-state index contributed by atoms with van der Waals surface area (Å²) in [6.07, 6.45) is 4.37. The molecule has 1 aliphatic rings. The van der Waals surface area contributed by atoms with Crippen molar-refractivity contribution in [1.29, 1.82) is 0 Å². The average Bonchev–Trinajstić information content (AvgIpc) is 2.45. The Morgan fingerprint density at radius 3 is 2.55 bits per heavy atom. The van der Waals surface area contributed by atoms with Crippen molar-refractivity contribution in [2.45, 2.75) is 51.6 Å². The van der Waals surface area contributed by atoms with E-state index in [4.69, 9.17) is 0 Å². The number of piperidine rings is 1. The number of benzene rings is 1. The zero-order valence-corrected chi connectivity index (χ0v) is 12.9. The number of carbonyl (C=O) groups is 1. The molecule has 1 aromatic rings. The smallest absolute Gasteiger partial charge is 0.254 e. The van der Waals surface area contributed by atoms with Gasteiger partial charge in [-0.3, -0.25) is 4.79 Å². The molecule has 20 heavy (non-hydrogen) atoms. The minimum atomic E-state index is 0.205. The van der Waals surface area contributed by atoms with Crippen LogP contribution in [0.2, 0.25) is 0 Å². The highest BCUT2D eigenvalue weighted by molar-refractivity contribution is 5.96. The van der Waals surface area contributed by atoms with Crippen LogP contribution in [0.3, 0.4) is 0 Å². The van der Waals surface area contributed by atoms with Crippen molar-refractivity contribution in [1.82, 2.24) is 10.2 Å². The average molecular weight is 274 g/mol. The molecule has 2 atom stereocenters. The third kappa shape index (κ3) is 3.21. The van der Waals surface area contributed by atoms with Crippen LogP contribution in [0.1, 0.15) is 49.0 Å². The Kier molecular flexibility index (Phi) is 5.18. The van der Waals surface area contributed by atoms with Gasteiger partial charge in [-0.05, 0) is 64.8 Å². The number of carbonyl (C=O) groups excluding carboxylic acids is 1. The summed E-state index contributed by atoms with van der Waals surface area (Å²) in [6, 6.07) is 8.73. The van der Waals surface area contributed by atoms with Gasteiger partial charge in [0.1, 0.15) is 0 Å². The summed E-state index contributed by atoms with van der Waals surface area (Å²) < 4.78 is 0. The first kappa shape index (κ1) is 15.0. The summed E-state index contributed by atoms with van der Waals surface area (Å²) in [6.45, 7) is 5.24. The summed E-state index contributed by atoms with van der Waals surface area (Å²) in [5, 5.41) is 3.15. The van der Waals surface area contributed by atoms with Crippen molar-refractivity contribution in [3.05, 3.63) is 35.4 Å². The van der Waals surface area contributed by atoms with E-state index in [1.807, 2.05) is 25.2 Å². The van der Waals surface area contributed by atoms with E-state index < -0.39 is 0 Å². The standard InChI is InChI=1S/C17H26N2O/c1-13-7-6-8-14(2)19(13)17(20)16-10-5-4-9-15(16)11-12-18-3/h4-5,9-10,13-14,18H,6-8,11-12H2,1-3H3/t13-,14+. The highest BCUT2D eigenvalue weighted by atomic mass is 16.2. The van der Waals surface area contributed by atoms with E-state index in [0.717, 1.165) is 36.9 Å². The van der Waals surface area contributed by atoms with E-state index in [1.54, 1.807) is 0 Å². The second-order valence-electron chi connectivity index (χ2n) is 5.85. The lowest BCUT2D eigenvalue weighted by Gasteiger charge is -2.39. The molecule has 0 aliphatic carbocycles. The monoisotopic (exact) mass is 274 g/mol. The second kappa shape index (κ2) is 6.89. The number of likely N-dealkylation sites (tertiary alicyclic amines) is 1. The molecule has 1 aliphatic heterocycles. The van der Waals surface area contributed by atoms with E-state index in [2.05, 4.69) is 30.1 Å². The fourth-order valence-electron chi connectivity index (χ4n) is 3.17. The first-order valence-electron chi connectivity index (χ1n) is 7.70. The minimum absolute atomic E-state index is 0.205. The number of rotatable bonds is 4. The first-order chi connectivity index (χ1) is 9.65. The molecule has 2 rings (SSSR count). The van der Waals surface area contributed by atoms with Gasteiger partial charge in [0, 0.05) is 17.6 Å². The molecule has 0 saturated carbocycles. The van der Waals surface area contributed by atoms with E-state index in [0.29, 0.717) is 12.1 Å². The SMILES string of the molecule is CNCCc1ccccc1C(=O)N1[C@H](C)CCC[C@@H]1C. The molecule has 0 bridgehead atoms. The summed E-state index contributed by atoms with van der Waals surface area (Å²) in [5.74, 6) is 0.205. The highest BCUT2D eigenvalue weighted by Gasteiger charge is 2.30. The van der Waals surface area contributed by atoms with Crippen LogP contribution in [0.5, 0.6) is 0 Å². The molecule has 0 radical (unpaired) electrons. The predicted octanol–water partition coefficient (Wildman–Crippen LogP) is 2.85. The molecule has 0 spiro atoms. The third-order valence-corrected chi connectivity index (χ3v) is 4.32.